The number of anilines is 1. The fraction of sp³-hybridized carbons (Fsp3) is 0.429. The Balaban J connectivity index is 0.00000196. The van der Waals surface area contributed by atoms with E-state index in [2.05, 4.69) is 46.2 Å². The minimum Gasteiger partial charge on any atom is -0.495 e. The average molecular weight is 438 g/mol. The summed E-state index contributed by atoms with van der Waals surface area (Å²) in [5.41, 5.74) is 2.66. The summed E-state index contributed by atoms with van der Waals surface area (Å²) >= 11 is 6.08. The predicted octanol–water partition coefficient (Wildman–Crippen LogP) is 4.85. The summed E-state index contributed by atoms with van der Waals surface area (Å²) in [5, 5.41) is 0.722. The van der Waals surface area contributed by atoms with Gasteiger partial charge in [-0.05, 0) is 36.0 Å². The Morgan fingerprint density at radius 3 is 2.46 bits per heavy atom. The second-order valence-corrected chi connectivity index (χ2v) is 7.55. The molecule has 3 nitrogen and oxygen atoms in total. The van der Waals surface area contributed by atoms with Gasteiger partial charge in [0.15, 0.2) is 0 Å². The molecule has 0 spiro atoms. The van der Waals surface area contributed by atoms with E-state index >= 15 is 0 Å². The van der Waals surface area contributed by atoms with E-state index in [0.717, 1.165) is 54.5 Å². The third-order valence-electron chi connectivity index (χ3n) is 5.50. The van der Waals surface area contributed by atoms with Crippen molar-refractivity contribution in [3.63, 3.8) is 0 Å². The first kappa shape index (κ1) is 19.5. The predicted molar refractivity (Wildman–Crippen MR) is 114 cm³/mol. The van der Waals surface area contributed by atoms with Gasteiger partial charge < -0.3 is 9.64 Å². The van der Waals surface area contributed by atoms with Gasteiger partial charge in [-0.15, -0.1) is 17.0 Å². The van der Waals surface area contributed by atoms with Crippen molar-refractivity contribution >= 4 is 34.3 Å². The lowest BCUT2D eigenvalue weighted by molar-refractivity contribution is 0.246. The van der Waals surface area contributed by atoms with Gasteiger partial charge in [0.2, 0.25) is 0 Å². The maximum Gasteiger partial charge on any atom is 0.143 e. The van der Waals surface area contributed by atoms with Crippen LogP contribution in [0.5, 0.6) is 5.75 Å². The van der Waals surface area contributed by atoms with Crippen LogP contribution in [0.1, 0.15) is 17.9 Å². The average Bonchev–Trinajstić information content (AvgIpc) is 3.42. The van der Waals surface area contributed by atoms with E-state index in [4.69, 9.17) is 16.3 Å². The van der Waals surface area contributed by atoms with Crippen molar-refractivity contribution in [2.45, 2.75) is 12.3 Å². The summed E-state index contributed by atoms with van der Waals surface area (Å²) in [7, 11) is 1.71. The monoisotopic (exact) mass is 436 g/mol. The van der Waals surface area contributed by atoms with Crippen LogP contribution in [0.2, 0.25) is 5.02 Å². The summed E-state index contributed by atoms with van der Waals surface area (Å²) in [6.45, 7) is 5.54. The number of nitrogens with zero attached hydrogens (tertiary/aromatic N) is 2. The molecule has 0 N–H and O–H groups in total. The summed E-state index contributed by atoms with van der Waals surface area (Å²) in [5.74, 6) is 2.47. The van der Waals surface area contributed by atoms with Crippen LogP contribution in [0, 0.1) is 5.92 Å². The van der Waals surface area contributed by atoms with Crippen LogP contribution in [0.4, 0.5) is 5.69 Å². The van der Waals surface area contributed by atoms with Gasteiger partial charge in [0.1, 0.15) is 5.75 Å². The molecule has 2 fully saturated rings. The molecular formula is C21H26BrClN2O. The van der Waals surface area contributed by atoms with Crippen molar-refractivity contribution in [3.05, 3.63) is 59.1 Å². The van der Waals surface area contributed by atoms with Crippen molar-refractivity contribution in [2.24, 2.45) is 5.92 Å². The number of rotatable bonds is 5. The Labute approximate surface area is 171 Å². The molecule has 1 heterocycles. The summed E-state index contributed by atoms with van der Waals surface area (Å²) in [6, 6.07) is 16.9. The molecule has 2 aromatic rings. The minimum atomic E-state index is 0. The van der Waals surface area contributed by atoms with Crippen LogP contribution in [0.25, 0.3) is 0 Å². The van der Waals surface area contributed by atoms with E-state index in [1.807, 2.05) is 12.1 Å². The fourth-order valence-electron chi connectivity index (χ4n) is 3.97. The first-order chi connectivity index (χ1) is 12.2. The van der Waals surface area contributed by atoms with Crippen molar-refractivity contribution < 1.29 is 4.74 Å². The molecule has 2 atom stereocenters. The Morgan fingerprint density at radius 2 is 1.77 bits per heavy atom. The molecule has 2 aliphatic rings. The Bertz CT molecular complexity index is 719. The van der Waals surface area contributed by atoms with Gasteiger partial charge in [-0.1, -0.05) is 41.9 Å². The van der Waals surface area contributed by atoms with Crippen molar-refractivity contribution in [2.75, 3.05) is 44.7 Å². The molecule has 1 aliphatic carbocycles. The van der Waals surface area contributed by atoms with Gasteiger partial charge in [-0.3, -0.25) is 4.90 Å². The van der Waals surface area contributed by atoms with Gasteiger partial charge in [-0.2, -0.15) is 0 Å². The highest BCUT2D eigenvalue weighted by atomic mass is 79.9. The summed E-state index contributed by atoms with van der Waals surface area (Å²) in [6.07, 6.45) is 1.34. The maximum absolute atomic E-state index is 6.08. The first-order valence-electron chi connectivity index (χ1n) is 9.10. The SMILES string of the molecule is Br.COc1cc(Cl)ccc1N1CCN(C[C@H]2C[C@@H]2c2ccccc2)CC1. The van der Waals surface area contributed by atoms with E-state index in [1.165, 1.54) is 18.5 Å². The number of piperazine rings is 1. The molecule has 0 bridgehead atoms. The number of hydrogen-bond acceptors (Lipinski definition) is 3. The quantitative estimate of drug-likeness (QED) is 0.665. The van der Waals surface area contributed by atoms with Gasteiger partial charge in [0.05, 0.1) is 12.8 Å². The van der Waals surface area contributed by atoms with Crippen molar-refractivity contribution in [3.8, 4) is 5.75 Å². The Hall–Kier alpha value is -1.23. The van der Waals surface area contributed by atoms with Gasteiger partial charge in [-0.25, -0.2) is 0 Å². The highest BCUT2D eigenvalue weighted by Gasteiger charge is 2.39. The maximum atomic E-state index is 6.08. The van der Waals surface area contributed by atoms with Crippen LogP contribution in [-0.2, 0) is 0 Å². The molecule has 2 aromatic carbocycles. The molecule has 140 valence electrons. The van der Waals surface area contributed by atoms with E-state index in [0.29, 0.717) is 0 Å². The second kappa shape index (κ2) is 8.64. The smallest absolute Gasteiger partial charge is 0.143 e. The number of halogens is 2. The summed E-state index contributed by atoms with van der Waals surface area (Å²) < 4.78 is 5.50. The first-order valence-corrected chi connectivity index (χ1v) is 9.48. The van der Waals surface area contributed by atoms with E-state index in [9.17, 15) is 0 Å². The number of hydrogen-bond donors (Lipinski definition) is 0. The van der Waals surface area contributed by atoms with Crippen molar-refractivity contribution in [1.29, 1.82) is 0 Å². The Kier molecular flexibility index (Phi) is 6.49. The van der Waals surface area contributed by atoms with E-state index in [-0.39, 0.29) is 17.0 Å². The number of benzene rings is 2. The fourth-order valence-corrected chi connectivity index (χ4v) is 4.14. The normalized spacial score (nSPS) is 22.6. The standard InChI is InChI=1S/C21H25ClN2O.BrH/c1-25-21-14-18(22)7-8-20(21)24-11-9-23(10-12-24)15-17-13-19(17)16-5-3-2-4-6-16;/h2-8,14,17,19H,9-13,15H2,1H3;1H/t17-,19-;/m1./s1. The third-order valence-corrected chi connectivity index (χ3v) is 5.73. The molecule has 0 amide bonds. The lowest BCUT2D eigenvalue weighted by atomic mass is 10.1. The number of methoxy groups -OCH3 is 1. The zero-order valence-electron chi connectivity index (χ0n) is 15.1. The Morgan fingerprint density at radius 1 is 1.04 bits per heavy atom. The largest absolute Gasteiger partial charge is 0.495 e. The van der Waals surface area contributed by atoms with Crippen LogP contribution in [0.3, 0.4) is 0 Å². The summed E-state index contributed by atoms with van der Waals surface area (Å²) in [4.78, 5) is 5.03. The molecule has 26 heavy (non-hydrogen) atoms. The molecule has 1 saturated carbocycles. The molecule has 1 saturated heterocycles. The molecule has 1 aliphatic heterocycles. The zero-order valence-corrected chi connectivity index (χ0v) is 17.6. The third kappa shape index (κ3) is 4.36. The highest BCUT2D eigenvalue weighted by Crippen LogP contribution is 2.47. The van der Waals surface area contributed by atoms with Crippen LogP contribution < -0.4 is 9.64 Å². The minimum absolute atomic E-state index is 0. The van der Waals surface area contributed by atoms with Crippen LogP contribution in [0.15, 0.2) is 48.5 Å². The van der Waals surface area contributed by atoms with Gasteiger partial charge in [0, 0.05) is 43.8 Å². The van der Waals surface area contributed by atoms with Crippen LogP contribution in [-0.4, -0.2) is 44.7 Å². The molecule has 4 rings (SSSR count). The second-order valence-electron chi connectivity index (χ2n) is 7.12. The van der Waals surface area contributed by atoms with Gasteiger partial charge in [0.25, 0.3) is 0 Å². The lowest BCUT2D eigenvalue weighted by Crippen LogP contribution is -2.47. The molecule has 0 aromatic heterocycles. The number of ether oxygens (including phenoxy) is 1. The molecular weight excluding hydrogens is 412 g/mol. The van der Waals surface area contributed by atoms with E-state index < -0.39 is 0 Å². The topological polar surface area (TPSA) is 15.7 Å². The lowest BCUT2D eigenvalue weighted by Gasteiger charge is -2.36. The van der Waals surface area contributed by atoms with Gasteiger partial charge >= 0.3 is 0 Å². The highest BCUT2D eigenvalue weighted by molar-refractivity contribution is 8.93. The van der Waals surface area contributed by atoms with Crippen molar-refractivity contribution in [1.82, 2.24) is 4.90 Å². The molecule has 0 radical (unpaired) electrons. The zero-order chi connectivity index (χ0) is 17.2. The van der Waals surface area contributed by atoms with Crippen LogP contribution >= 0.6 is 28.6 Å². The molecule has 0 unspecified atom stereocenters. The van der Waals surface area contributed by atoms with E-state index in [1.54, 1.807) is 7.11 Å². The molecule has 5 heteroatoms.